The molecule has 0 amide bonds. The van der Waals surface area contributed by atoms with E-state index in [-0.39, 0.29) is 91.7 Å². The number of esters is 1. The van der Waals surface area contributed by atoms with E-state index < -0.39 is 72.3 Å². The molecule has 0 saturated carbocycles. The summed E-state index contributed by atoms with van der Waals surface area (Å²) in [6, 6.07) is 0.880. The first-order chi connectivity index (χ1) is 22.2. The Morgan fingerprint density at radius 1 is 0.960 bits per heavy atom. The molecule has 0 aliphatic heterocycles. The first-order valence-corrected chi connectivity index (χ1v) is 12.9. The molecule has 0 spiro atoms. The smallest absolute Gasteiger partial charge is 1.00 e. The molecule has 50 heavy (non-hydrogen) atoms. The SMILES string of the molecule is CCOC(=O)CC(=O)C(F)F.CNN.Cn1[nH]c(C(F)F)cc1=O.Cn1nc(C(F)F)c(C=O)c1Cl.Cn1nc(C(F)F)c(C=O)c1F.[F-].[K+]. The third kappa shape index (κ3) is 18.9. The first kappa shape index (κ1) is 53.8. The summed E-state index contributed by atoms with van der Waals surface area (Å²) in [5.74, 6) is 1.25. The number of ether oxygens (including phenoxy) is 1. The molecule has 0 atom stereocenters. The fraction of sp³-hybridized carbons (Fsp3) is 0.458. The molecule has 0 radical (unpaired) electrons. The van der Waals surface area contributed by atoms with Gasteiger partial charge in [-0.25, -0.2) is 39.8 Å². The zero-order chi connectivity index (χ0) is 37.9. The summed E-state index contributed by atoms with van der Waals surface area (Å²) in [7, 11) is 5.57. The van der Waals surface area contributed by atoms with Crippen molar-refractivity contribution < 1.29 is 120 Å². The van der Waals surface area contributed by atoms with Gasteiger partial charge in [0.05, 0.1) is 17.7 Å². The molecule has 0 aliphatic carbocycles. The van der Waals surface area contributed by atoms with E-state index in [2.05, 4.69) is 31.3 Å². The van der Waals surface area contributed by atoms with E-state index in [0.717, 1.165) is 22.5 Å². The minimum absolute atomic E-state index is 0. The number of alkyl halides is 8. The molecular formula is C24H30ClF10KN8O6. The van der Waals surface area contributed by atoms with Gasteiger partial charge in [-0.1, -0.05) is 11.6 Å². The molecule has 0 aromatic carbocycles. The summed E-state index contributed by atoms with van der Waals surface area (Å²) in [5.41, 5.74) is -0.841. The van der Waals surface area contributed by atoms with Crippen molar-refractivity contribution in [3.8, 4) is 0 Å². The van der Waals surface area contributed by atoms with Crippen molar-refractivity contribution >= 4 is 35.9 Å². The number of H-pyrrole nitrogens is 1. The summed E-state index contributed by atoms with van der Waals surface area (Å²) in [6.07, 6.45) is -11.9. The van der Waals surface area contributed by atoms with Crippen LogP contribution >= 0.6 is 11.6 Å². The van der Waals surface area contributed by atoms with Gasteiger partial charge in [0.1, 0.15) is 28.7 Å². The van der Waals surface area contributed by atoms with Crippen LogP contribution in [0.1, 0.15) is 70.4 Å². The average molecular weight is 791 g/mol. The maximum absolute atomic E-state index is 12.7. The van der Waals surface area contributed by atoms with Gasteiger partial charge in [0.2, 0.25) is 11.7 Å². The topological polar surface area (TPSA) is 189 Å². The maximum Gasteiger partial charge on any atom is 1.00 e. The molecule has 3 aromatic rings. The van der Waals surface area contributed by atoms with Crippen LogP contribution in [0.4, 0.5) is 39.5 Å². The van der Waals surface area contributed by atoms with Crippen molar-refractivity contribution in [1.29, 1.82) is 0 Å². The van der Waals surface area contributed by atoms with Crippen LogP contribution in [0.3, 0.4) is 0 Å². The first-order valence-electron chi connectivity index (χ1n) is 12.5. The van der Waals surface area contributed by atoms with Crippen molar-refractivity contribution in [2.45, 2.75) is 39.0 Å². The van der Waals surface area contributed by atoms with Crippen LogP contribution in [-0.4, -0.2) is 73.7 Å². The Labute approximate surface area is 323 Å². The minimum atomic E-state index is -3.08. The number of aryl methyl sites for hydroxylation is 3. The quantitative estimate of drug-likeness (QED) is 0.0403. The van der Waals surface area contributed by atoms with E-state index in [1.807, 2.05) is 0 Å². The van der Waals surface area contributed by atoms with Crippen molar-refractivity contribution in [3.63, 3.8) is 0 Å². The predicted molar refractivity (Wildman–Crippen MR) is 149 cm³/mol. The van der Waals surface area contributed by atoms with Crippen LogP contribution in [0.2, 0.25) is 5.15 Å². The second kappa shape index (κ2) is 27.7. The number of nitrogens with two attached hydrogens (primary N) is 1. The van der Waals surface area contributed by atoms with Crippen molar-refractivity contribution in [1.82, 2.24) is 34.8 Å². The van der Waals surface area contributed by atoms with Gasteiger partial charge in [0.25, 0.3) is 31.3 Å². The van der Waals surface area contributed by atoms with Crippen LogP contribution < -0.4 is 72.9 Å². The summed E-state index contributed by atoms with van der Waals surface area (Å²) in [4.78, 5) is 51.5. The Morgan fingerprint density at radius 2 is 1.40 bits per heavy atom. The second-order valence-corrected chi connectivity index (χ2v) is 8.57. The van der Waals surface area contributed by atoms with Crippen molar-refractivity contribution in [2.24, 2.45) is 27.0 Å². The molecule has 3 heterocycles. The van der Waals surface area contributed by atoms with Crippen LogP contribution in [-0.2, 0) is 35.5 Å². The molecule has 0 saturated heterocycles. The number of halogens is 11. The van der Waals surface area contributed by atoms with Crippen LogP contribution in [0, 0.1) is 5.95 Å². The van der Waals surface area contributed by atoms with E-state index >= 15 is 0 Å². The number of aldehydes is 2. The summed E-state index contributed by atoms with van der Waals surface area (Å²) >= 11 is 5.49. The standard InChI is InChI=1S/C6H5ClF2N2O.C6H5F3N2O.C6H8F2O3.C5H6F2N2O.CH6N2.FH.K/c1-11-5(7)3(2-12)4(10-11)6(8)9;1-11-6(9)3(2-12)4(10-11)5(7)8;1-2-11-5(10)3-4(9)6(7)8;1-9-4(10)2-3(8-9)5(6)7;1-3-2;;/h2,6H,1H3;2,5H,1H3;6H,2-3H2,1H3;2,5,8H,1H3;3H,2H2,1H3;1H;/q;;;;;;+1/p-1. The number of hydrogen-bond donors (Lipinski definition) is 3. The Bertz CT molecular complexity index is 1460. The van der Waals surface area contributed by atoms with Gasteiger partial charge in [-0.3, -0.25) is 49.7 Å². The molecule has 14 nitrogen and oxygen atoms in total. The fourth-order valence-electron chi connectivity index (χ4n) is 2.67. The average Bonchev–Trinajstić information content (AvgIpc) is 3.61. The van der Waals surface area contributed by atoms with E-state index in [0.29, 0.717) is 4.68 Å². The number of carbonyl (C=O) groups excluding carboxylic acids is 4. The summed E-state index contributed by atoms with van der Waals surface area (Å²) < 4.78 is 114. The Morgan fingerprint density at radius 3 is 1.68 bits per heavy atom. The van der Waals surface area contributed by atoms with E-state index in [1.54, 1.807) is 7.05 Å². The van der Waals surface area contributed by atoms with Crippen molar-refractivity contribution in [2.75, 3.05) is 13.7 Å². The van der Waals surface area contributed by atoms with Gasteiger partial charge < -0.3 is 9.44 Å². The largest absolute Gasteiger partial charge is 1.00 e. The predicted octanol–water partition coefficient (Wildman–Crippen LogP) is -2.35. The third-order valence-corrected chi connectivity index (χ3v) is 5.19. The van der Waals surface area contributed by atoms with Gasteiger partial charge in [-0.05, 0) is 14.0 Å². The number of ketones is 1. The fourth-order valence-corrected chi connectivity index (χ4v) is 2.85. The summed E-state index contributed by atoms with van der Waals surface area (Å²) in [5, 5.41) is 8.65. The zero-order valence-electron chi connectivity index (χ0n) is 26.9. The van der Waals surface area contributed by atoms with Crippen LogP contribution in [0.25, 0.3) is 0 Å². The van der Waals surface area contributed by atoms with E-state index in [1.165, 1.54) is 21.0 Å². The number of rotatable bonds is 9. The number of aromatic amines is 1. The Hall–Kier alpha value is -2.94. The van der Waals surface area contributed by atoms with E-state index in [9.17, 15) is 63.5 Å². The Balaban J connectivity index is -0.000000272. The second-order valence-electron chi connectivity index (χ2n) is 8.21. The number of nitrogens with one attached hydrogen (secondary N) is 2. The maximum atomic E-state index is 12.7. The molecule has 3 rings (SSSR count). The molecule has 26 heteroatoms. The van der Waals surface area contributed by atoms with E-state index in [4.69, 9.17) is 11.6 Å². The molecule has 280 valence electrons. The molecule has 0 bridgehead atoms. The number of carbonyl (C=O) groups is 4. The number of hydrogen-bond acceptors (Lipinski definition) is 10. The molecule has 0 fully saturated rings. The third-order valence-electron chi connectivity index (χ3n) is 4.74. The number of nitrogens with zero attached hydrogens (tertiary/aromatic N) is 5. The zero-order valence-corrected chi connectivity index (χ0v) is 30.8. The number of Topliss-reactive ketones (excluding diaryl/α,β-unsaturated/α-hetero) is 1. The minimum Gasteiger partial charge on any atom is -1.00 e. The van der Waals surface area contributed by atoms with Crippen LogP contribution in [0.5, 0.6) is 0 Å². The molecular weight excluding hydrogens is 761 g/mol. The number of hydrazine groups is 1. The summed E-state index contributed by atoms with van der Waals surface area (Å²) in [6.45, 7) is 1.63. The van der Waals surface area contributed by atoms with Crippen LogP contribution in [0.15, 0.2) is 10.9 Å². The molecule has 4 N–H and O–H groups in total. The van der Waals surface area contributed by atoms with Gasteiger partial charge in [-0.15, -0.1) is 0 Å². The Kier molecular flexibility index (Phi) is 29.9. The van der Waals surface area contributed by atoms with Gasteiger partial charge in [0.15, 0.2) is 12.6 Å². The molecule has 0 unspecified atom stereocenters. The normalized spacial score (nSPS) is 9.84. The van der Waals surface area contributed by atoms with Gasteiger partial charge in [-0.2, -0.15) is 14.6 Å². The molecule has 3 aromatic heterocycles. The van der Waals surface area contributed by atoms with Crippen molar-refractivity contribution in [3.05, 3.63) is 55.7 Å². The van der Waals surface area contributed by atoms with Gasteiger partial charge in [0, 0.05) is 27.2 Å². The monoisotopic (exact) mass is 790 g/mol. The molecule has 0 aliphatic rings. The number of aromatic nitrogens is 6. The van der Waals surface area contributed by atoms with Gasteiger partial charge >= 0.3 is 57.4 Å².